The molecule has 0 bridgehead atoms. The molecule has 0 unspecified atom stereocenters. The van der Waals surface area contributed by atoms with Gasteiger partial charge in [0.05, 0.1) is 33.1 Å². The Labute approximate surface area is 665 Å². The maximum Gasteiger partial charge on any atom is 0.0974 e. The van der Waals surface area contributed by atoms with E-state index in [0.717, 1.165) is 99.6 Å². The molecule has 0 saturated carbocycles. The van der Waals surface area contributed by atoms with Crippen molar-refractivity contribution < 1.29 is 0 Å². The highest BCUT2D eigenvalue weighted by atomic mass is 14.8. The van der Waals surface area contributed by atoms with E-state index in [-0.39, 0.29) is 0 Å². The largest absolute Gasteiger partial charge is 0.251 e. The molecule has 0 N–H and O–H groups in total. The Morgan fingerprint density at radius 1 is 0.132 bits per heavy atom. The molecule has 14 aromatic carbocycles. The summed E-state index contributed by atoms with van der Waals surface area (Å²) in [7, 11) is 0. The molecule has 0 atom stereocenters. The SMILES string of the molecule is Cc1ccc2ccc3c(-c4cc(-c5ccccc5)cc(-c5ccc(-c6ccccc6)cc5)c4)cc(C)nc3c2n1.Cc1ccc2ccc3c(-c4cc(-c5ccccc5)cc(-c5cccc(-c6ccccc6)c5)c4)cc(C)nc3c2n1.Cc1ccc2ccc3c(-c4cc(-c5ccccc5)cc(-c5ccccc5)c4)cc(C)nc3c2n1. The van der Waals surface area contributed by atoms with E-state index in [4.69, 9.17) is 29.9 Å². The lowest BCUT2D eigenvalue weighted by Gasteiger charge is -2.15. The molecule has 6 heterocycles. The van der Waals surface area contributed by atoms with Gasteiger partial charge in [-0.05, 0) is 261 Å². The average Bonchev–Trinajstić information content (AvgIpc) is 0.767. The van der Waals surface area contributed by atoms with Crippen molar-refractivity contribution in [2.75, 3.05) is 0 Å². The van der Waals surface area contributed by atoms with Crippen molar-refractivity contribution in [3.8, 4) is 122 Å². The van der Waals surface area contributed by atoms with Gasteiger partial charge in [0, 0.05) is 66.5 Å². The Bertz CT molecular complexity index is 6930. The summed E-state index contributed by atoms with van der Waals surface area (Å²) < 4.78 is 0. The number of nitrogens with zero attached hydrogens (tertiary/aromatic N) is 6. The summed E-state index contributed by atoms with van der Waals surface area (Å²) in [6.07, 6.45) is 0. The molecule has 0 aliphatic rings. The van der Waals surface area contributed by atoms with E-state index in [2.05, 4.69) is 397 Å². The molecular formula is C108H80N6. The summed E-state index contributed by atoms with van der Waals surface area (Å²) in [5, 5.41) is 6.70. The van der Waals surface area contributed by atoms with E-state index in [9.17, 15) is 0 Å². The maximum absolute atomic E-state index is 4.97. The lowest BCUT2D eigenvalue weighted by molar-refractivity contribution is 1.23. The van der Waals surface area contributed by atoms with Gasteiger partial charge in [0.2, 0.25) is 0 Å². The van der Waals surface area contributed by atoms with E-state index < -0.39 is 0 Å². The Balaban J connectivity index is 0.000000119. The van der Waals surface area contributed by atoms with Gasteiger partial charge < -0.3 is 0 Å². The van der Waals surface area contributed by atoms with Crippen LogP contribution in [-0.2, 0) is 0 Å². The summed E-state index contributed by atoms with van der Waals surface area (Å²) in [5.41, 5.74) is 38.0. The quantitative estimate of drug-likeness (QED) is 0.120. The van der Waals surface area contributed by atoms with Crippen molar-refractivity contribution in [3.05, 3.63) is 410 Å². The third-order valence-corrected chi connectivity index (χ3v) is 21.5. The monoisotopic (exact) mass is 1460 g/mol. The predicted molar refractivity (Wildman–Crippen MR) is 479 cm³/mol. The van der Waals surface area contributed by atoms with Crippen molar-refractivity contribution in [2.24, 2.45) is 0 Å². The van der Waals surface area contributed by atoms with E-state index in [1.807, 2.05) is 20.8 Å². The second kappa shape index (κ2) is 31.1. The Morgan fingerprint density at radius 3 is 0.614 bits per heavy atom. The topological polar surface area (TPSA) is 77.3 Å². The molecule has 0 amide bonds. The number of hydrogen-bond donors (Lipinski definition) is 0. The summed E-state index contributed by atoms with van der Waals surface area (Å²) in [6, 6.07) is 134. The van der Waals surface area contributed by atoms with Crippen LogP contribution < -0.4 is 0 Å². The van der Waals surface area contributed by atoms with Crippen LogP contribution >= 0.6 is 0 Å². The third-order valence-electron chi connectivity index (χ3n) is 21.5. The van der Waals surface area contributed by atoms with Crippen molar-refractivity contribution in [1.82, 2.24) is 29.9 Å². The zero-order valence-electron chi connectivity index (χ0n) is 64.5. The molecule has 0 aliphatic carbocycles. The third kappa shape index (κ3) is 14.8. The predicted octanol–water partition coefficient (Wildman–Crippen LogP) is 28.5. The first-order valence-corrected chi connectivity index (χ1v) is 38.9. The zero-order valence-corrected chi connectivity index (χ0v) is 64.5. The van der Waals surface area contributed by atoms with E-state index in [1.54, 1.807) is 0 Å². The fourth-order valence-corrected chi connectivity index (χ4v) is 15.9. The van der Waals surface area contributed by atoms with Crippen molar-refractivity contribution in [1.29, 1.82) is 0 Å². The van der Waals surface area contributed by atoms with E-state index >= 15 is 0 Å². The van der Waals surface area contributed by atoms with Gasteiger partial charge in [-0.3, -0.25) is 29.9 Å². The molecule has 0 spiro atoms. The summed E-state index contributed by atoms with van der Waals surface area (Å²) in [6.45, 7) is 12.3. The summed E-state index contributed by atoms with van der Waals surface area (Å²) >= 11 is 0. The molecule has 542 valence electrons. The minimum atomic E-state index is 0.953. The van der Waals surface area contributed by atoms with Crippen LogP contribution in [0.2, 0.25) is 0 Å². The minimum absolute atomic E-state index is 0.953. The highest BCUT2D eigenvalue weighted by Crippen LogP contribution is 2.43. The first-order chi connectivity index (χ1) is 55.9. The molecular weight excluding hydrogens is 1380 g/mol. The van der Waals surface area contributed by atoms with Gasteiger partial charge in [-0.25, -0.2) is 0 Å². The molecule has 20 aromatic rings. The molecule has 0 saturated heterocycles. The van der Waals surface area contributed by atoms with Crippen LogP contribution in [0.15, 0.2) is 376 Å². The normalized spacial score (nSPS) is 11.2. The van der Waals surface area contributed by atoms with E-state index in [1.165, 1.54) is 122 Å². The van der Waals surface area contributed by atoms with Crippen molar-refractivity contribution >= 4 is 65.4 Å². The van der Waals surface area contributed by atoms with Crippen LogP contribution in [0.1, 0.15) is 34.2 Å². The first-order valence-electron chi connectivity index (χ1n) is 38.9. The first kappa shape index (κ1) is 71.2. The highest BCUT2D eigenvalue weighted by molar-refractivity contribution is 6.12. The second-order valence-electron chi connectivity index (χ2n) is 29.6. The molecule has 6 heteroatoms. The van der Waals surface area contributed by atoms with Gasteiger partial charge in [0.1, 0.15) is 0 Å². The lowest BCUT2D eigenvalue weighted by Crippen LogP contribution is -1.93. The van der Waals surface area contributed by atoms with Crippen molar-refractivity contribution in [3.63, 3.8) is 0 Å². The van der Waals surface area contributed by atoms with Crippen LogP contribution in [0.5, 0.6) is 0 Å². The highest BCUT2D eigenvalue weighted by Gasteiger charge is 2.19. The molecule has 0 radical (unpaired) electrons. The average molecular weight is 1460 g/mol. The van der Waals surface area contributed by atoms with Gasteiger partial charge in [0.15, 0.2) is 0 Å². The van der Waals surface area contributed by atoms with E-state index in [0.29, 0.717) is 0 Å². The van der Waals surface area contributed by atoms with Crippen LogP contribution in [0, 0.1) is 41.5 Å². The van der Waals surface area contributed by atoms with Gasteiger partial charge in [-0.15, -0.1) is 0 Å². The Hall–Kier alpha value is -14.5. The minimum Gasteiger partial charge on any atom is -0.251 e. The van der Waals surface area contributed by atoms with Crippen LogP contribution in [0.25, 0.3) is 188 Å². The zero-order chi connectivity index (χ0) is 77.2. The molecule has 114 heavy (non-hydrogen) atoms. The van der Waals surface area contributed by atoms with Gasteiger partial charge >= 0.3 is 0 Å². The van der Waals surface area contributed by atoms with Gasteiger partial charge in [-0.1, -0.05) is 279 Å². The smallest absolute Gasteiger partial charge is 0.0974 e. The Morgan fingerprint density at radius 2 is 0.325 bits per heavy atom. The number of aryl methyl sites for hydroxylation is 6. The van der Waals surface area contributed by atoms with Gasteiger partial charge in [0.25, 0.3) is 0 Å². The number of hydrogen-bond acceptors (Lipinski definition) is 6. The summed E-state index contributed by atoms with van der Waals surface area (Å²) in [4.78, 5) is 29.5. The van der Waals surface area contributed by atoms with Gasteiger partial charge in [-0.2, -0.15) is 0 Å². The number of rotatable bonds is 11. The number of aromatic nitrogens is 6. The second-order valence-corrected chi connectivity index (χ2v) is 29.6. The van der Waals surface area contributed by atoms with Crippen molar-refractivity contribution in [2.45, 2.75) is 41.5 Å². The molecule has 20 rings (SSSR count). The number of fused-ring (bicyclic) bond motifs is 9. The number of benzene rings is 14. The molecule has 6 nitrogen and oxygen atoms in total. The fourth-order valence-electron chi connectivity index (χ4n) is 15.9. The maximum atomic E-state index is 4.97. The van der Waals surface area contributed by atoms with Crippen LogP contribution in [0.3, 0.4) is 0 Å². The standard InChI is InChI=1S/2C38H28N2.C32H24N2/c1-25-16-17-29-18-19-35-36(20-26(2)40-38(35)37(29)39-25)34-23-32(28-12-7-4-8-13-28)22-33(24-34)31-15-9-14-30(21-31)27-10-5-3-6-11-27;1-25-13-14-31-19-20-35-36(21-26(2)40-38(35)37(31)39-25)34-23-32(28-11-7-4-8-12-28)22-33(24-34)30-17-15-29(16-18-30)27-9-5-3-6-10-27;1-21-13-14-25-15-16-29-30(17-22(2)34-32(29)31(25)33-21)28-19-26(23-9-5-3-6-10-23)18-27(20-28)24-11-7-4-8-12-24/h2*3-24H,1-2H3;3-20H,1-2H3. The molecule has 0 fully saturated rings. The Kier molecular flexibility index (Phi) is 19.4. The summed E-state index contributed by atoms with van der Waals surface area (Å²) in [5.74, 6) is 0. The van der Waals surface area contributed by atoms with Crippen LogP contribution in [-0.4, -0.2) is 29.9 Å². The molecule has 6 aromatic heterocycles. The lowest BCUT2D eigenvalue weighted by atomic mass is 9.90. The molecule has 0 aliphatic heterocycles. The fraction of sp³-hybridized carbons (Fsp3) is 0.0556. The number of pyridine rings is 6. The van der Waals surface area contributed by atoms with Crippen LogP contribution in [0.4, 0.5) is 0 Å².